The van der Waals surface area contributed by atoms with E-state index >= 15 is 0 Å². The second-order valence-corrected chi connectivity index (χ2v) is 4.70. The summed E-state index contributed by atoms with van der Waals surface area (Å²) in [7, 11) is 3.22. The van der Waals surface area contributed by atoms with Crippen LogP contribution < -0.4 is 15.2 Å². The van der Waals surface area contributed by atoms with E-state index in [-0.39, 0.29) is 0 Å². The molecule has 0 radical (unpaired) electrons. The summed E-state index contributed by atoms with van der Waals surface area (Å²) in [5.74, 6) is 2.52. The van der Waals surface area contributed by atoms with Crippen LogP contribution in [-0.2, 0) is 0 Å². The van der Waals surface area contributed by atoms with Crippen molar-refractivity contribution in [2.24, 2.45) is 0 Å². The normalized spacial score (nSPS) is 10.8. The van der Waals surface area contributed by atoms with Crippen LogP contribution >= 0.6 is 0 Å². The van der Waals surface area contributed by atoms with E-state index in [0.29, 0.717) is 23.1 Å². The van der Waals surface area contributed by atoms with Gasteiger partial charge in [0.2, 0.25) is 0 Å². The Kier molecular flexibility index (Phi) is 3.13. The Hall–Kier alpha value is -2.76. The molecule has 0 bridgehead atoms. The Labute approximate surface area is 122 Å². The van der Waals surface area contributed by atoms with Gasteiger partial charge in [-0.3, -0.25) is 0 Å². The van der Waals surface area contributed by atoms with Gasteiger partial charge in [0.1, 0.15) is 5.82 Å². The van der Waals surface area contributed by atoms with E-state index in [4.69, 9.17) is 15.2 Å². The number of methoxy groups -OCH3 is 2. The summed E-state index contributed by atoms with van der Waals surface area (Å²) < 4.78 is 12.4. The van der Waals surface area contributed by atoms with Gasteiger partial charge in [0.05, 0.1) is 14.2 Å². The minimum atomic E-state index is 0.495. The predicted molar refractivity (Wildman–Crippen MR) is 81.1 cm³/mol. The van der Waals surface area contributed by atoms with Crippen molar-refractivity contribution in [3.05, 3.63) is 36.2 Å². The zero-order valence-corrected chi connectivity index (χ0v) is 12.1. The number of nitrogens with two attached hydrogens (primary N) is 1. The molecule has 0 saturated carbocycles. The van der Waals surface area contributed by atoms with E-state index in [1.165, 1.54) is 0 Å². The Balaban J connectivity index is 2.28. The van der Waals surface area contributed by atoms with Gasteiger partial charge in [-0.1, -0.05) is 0 Å². The number of nitrogen functional groups attached to an aromatic ring is 1. The SMILES string of the molecule is COc1cc2ccnc(-n3cc(C)c(N)n3)c2cc1OC. The first kappa shape index (κ1) is 13.2. The van der Waals surface area contributed by atoms with Crippen LogP contribution in [0.5, 0.6) is 11.5 Å². The monoisotopic (exact) mass is 284 g/mol. The Bertz CT molecular complexity index is 791. The van der Waals surface area contributed by atoms with Gasteiger partial charge in [0, 0.05) is 23.3 Å². The number of nitrogens with zero attached hydrogens (tertiary/aromatic N) is 3. The van der Waals surface area contributed by atoms with Crippen molar-refractivity contribution in [2.45, 2.75) is 6.92 Å². The molecule has 6 heteroatoms. The van der Waals surface area contributed by atoms with Gasteiger partial charge in [-0.05, 0) is 30.5 Å². The zero-order valence-electron chi connectivity index (χ0n) is 12.1. The van der Waals surface area contributed by atoms with E-state index in [1.807, 2.05) is 31.3 Å². The number of fused-ring (bicyclic) bond motifs is 1. The fourth-order valence-corrected chi connectivity index (χ4v) is 2.25. The second kappa shape index (κ2) is 4.97. The third kappa shape index (κ3) is 2.14. The third-order valence-corrected chi connectivity index (χ3v) is 3.40. The highest BCUT2D eigenvalue weighted by molar-refractivity contribution is 5.91. The van der Waals surface area contributed by atoms with E-state index in [0.717, 1.165) is 16.3 Å². The number of hydrogen-bond acceptors (Lipinski definition) is 5. The number of benzene rings is 1. The predicted octanol–water partition coefficient (Wildman–Crippen LogP) is 2.33. The Morgan fingerprint density at radius 1 is 1.14 bits per heavy atom. The number of ether oxygens (including phenoxy) is 2. The van der Waals surface area contributed by atoms with E-state index in [9.17, 15) is 0 Å². The summed E-state index contributed by atoms with van der Waals surface area (Å²) in [4.78, 5) is 4.41. The highest BCUT2D eigenvalue weighted by atomic mass is 16.5. The smallest absolute Gasteiger partial charge is 0.161 e. The highest BCUT2D eigenvalue weighted by Crippen LogP contribution is 2.34. The van der Waals surface area contributed by atoms with E-state index in [1.54, 1.807) is 25.1 Å². The zero-order chi connectivity index (χ0) is 15.0. The fraction of sp³-hybridized carbons (Fsp3) is 0.200. The van der Waals surface area contributed by atoms with Crippen molar-refractivity contribution in [1.29, 1.82) is 0 Å². The number of aromatic nitrogens is 3. The molecule has 0 aliphatic carbocycles. The molecule has 3 rings (SSSR count). The molecule has 0 aliphatic heterocycles. The molecule has 0 saturated heterocycles. The fourth-order valence-electron chi connectivity index (χ4n) is 2.25. The summed E-state index contributed by atoms with van der Waals surface area (Å²) in [6.07, 6.45) is 3.59. The van der Waals surface area contributed by atoms with Crippen molar-refractivity contribution in [1.82, 2.24) is 14.8 Å². The molecular formula is C15H16N4O2. The van der Waals surface area contributed by atoms with Crippen LogP contribution in [0.4, 0.5) is 5.82 Å². The van der Waals surface area contributed by atoms with Crippen LogP contribution in [0.2, 0.25) is 0 Å². The Morgan fingerprint density at radius 3 is 2.48 bits per heavy atom. The van der Waals surface area contributed by atoms with Gasteiger partial charge in [0.25, 0.3) is 0 Å². The summed E-state index contributed by atoms with van der Waals surface area (Å²) in [6.45, 7) is 1.91. The van der Waals surface area contributed by atoms with Crippen LogP contribution in [0.3, 0.4) is 0 Å². The van der Waals surface area contributed by atoms with Gasteiger partial charge < -0.3 is 15.2 Å². The number of anilines is 1. The van der Waals surface area contributed by atoms with Crippen LogP contribution in [0.15, 0.2) is 30.6 Å². The molecule has 0 aliphatic rings. The van der Waals surface area contributed by atoms with Crippen molar-refractivity contribution in [3.8, 4) is 17.3 Å². The molecule has 2 heterocycles. The van der Waals surface area contributed by atoms with Crippen molar-refractivity contribution in [3.63, 3.8) is 0 Å². The first-order valence-corrected chi connectivity index (χ1v) is 6.47. The highest BCUT2D eigenvalue weighted by Gasteiger charge is 2.12. The van der Waals surface area contributed by atoms with Gasteiger partial charge in [-0.15, -0.1) is 5.10 Å². The maximum atomic E-state index is 5.82. The molecule has 0 atom stereocenters. The first-order valence-electron chi connectivity index (χ1n) is 6.47. The lowest BCUT2D eigenvalue weighted by Gasteiger charge is -2.11. The summed E-state index contributed by atoms with van der Waals surface area (Å²) in [6, 6.07) is 5.73. The molecule has 2 N–H and O–H groups in total. The molecule has 2 aromatic heterocycles. The van der Waals surface area contributed by atoms with Crippen LogP contribution in [0, 0.1) is 6.92 Å². The van der Waals surface area contributed by atoms with Crippen LogP contribution in [0.25, 0.3) is 16.6 Å². The maximum absolute atomic E-state index is 5.82. The minimum absolute atomic E-state index is 0.495. The van der Waals surface area contributed by atoms with Gasteiger partial charge in [-0.2, -0.15) is 0 Å². The molecule has 0 spiro atoms. The number of pyridine rings is 1. The molecule has 1 aromatic carbocycles. The standard InChI is InChI=1S/C15H16N4O2/c1-9-8-19(18-14(9)16)15-11-7-13(21-3)12(20-2)6-10(11)4-5-17-15/h4-8H,1-3H3,(H2,16,18). The van der Waals surface area contributed by atoms with Gasteiger partial charge >= 0.3 is 0 Å². The van der Waals surface area contributed by atoms with Crippen molar-refractivity contribution < 1.29 is 9.47 Å². The lowest BCUT2D eigenvalue weighted by molar-refractivity contribution is 0.356. The molecule has 6 nitrogen and oxygen atoms in total. The largest absolute Gasteiger partial charge is 0.493 e. The second-order valence-electron chi connectivity index (χ2n) is 4.70. The molecule has 3 aromatic rings. The lowest BCUT2D eigenvalue weighted by Crippen LogP contribution is -2.01. The first-order chi connectivity index (χ1) is 10.1. The summed E-state index contributed by atoms with van der Waals surface area (Å²) in [5, 5.41) is 6.19. The molecular weight excluding hydrogens is 268 g/mol. The van der Waals surface area contributed by atoms with E-state index in [2.05, 4.69) is 10.1 Å². The number of aryl methyl sites for hydroxylation is 1. The average Bonchev–Trinajstić information content (AvgIpc) is 2.84. The summed E-state index contributed by atoms with van der Waals surface area (Å²) in [5.41, 5.74) is 6.73. The lowest BCUT2D eigenvalue weighted by atomic mass is 10.1. The Morgan fingerprint density at radius 2 is 1.86 bits per heavy atom. The minimum Gasteiger partial charge on any atom is -0.493 e. The van der Waals surface area contributed by atoms with Gasteiger partial charge in [-0.25, -0.2) is 9.67 Å². The van der Waals surface area contributed by atoms with Crippen LogP contribution in [0.1, 0.15) is 5.56 Å². The summed E-state index contributed by atoms with van der Waals surface area (Å²) >= 11 is 0. The molecule has 21 heavy (non-hydrogen) atoms. The third-order valence-electron chi connectivity index (χ3n) is 3.40. The van der Waals surface area contributed by atoms with E-state index < -0.39 is 0 Å². The molecule has 0 unspecified atom stereocenters. The van der Waals surface area contributed by atoms with Gasteiger partial charge in [0.15, 0.2) is 17.3 Å². The number of hydrogen-bond donors (Lipinski definition) is 1. The molecule has 0 amide bonds. The topological polar surface area (TPSA) is 75.2 Å². The number of rotatable bonds is 3. The quantitative estimate of drug-likeness (QED) is 0.799. The average molecular weight is 284 g/mol. The molecule has 0 fully saturated rings. The van der Waals surface area contributed by atoms with Crippen molar-refractivity contribution in [2.75, 3.05) is 20.0 Å². The van der Waals surface area contributed by atoms with Crippen LogP contribution in [-0.4, -0.2) is 29.0 Å². The molecule has 108 valence electrons. The maximum Gasteiger partial charge on any atom is 0.161 e. The van der Waals surface area contributed by atoms with Crippen molar-refractivity contribution >= 4 is 16.6 Å².